The van der Waals surface area contributed by atoms with Gasteiger partial charge in [0.2, 0.25) is 5.91 Å². The average Bonchev–Trinajstić information content (AvgIpc) is 3.45. The van der Waals surface area contributed by atoms with Gasteiger partial charge in [-0.2, -0.15) is 0 Å². The number of nitrogens with zero attached hydrogens (tertiary/aromatic N) is 5. The van der Waals surface area contributed by atoms with Crippen LogP contribution in [0.1, 0.15) is 24.2 Å². The molecule has 11 heteroatoms. The fraction of sp³-hybridized carbons (Fsp3) is 0.455. The molecule has 1 amide bonds. The van der Waals surface area contributed by atoms with Gasteiger partial charge in [-0.25, -0.2) is 18.7 Å². The zero-order valence-corrected chi connectivity index (χ0v) is 18.7. The van der Waals surface area contributed by atoms with Crippen LogP contribution in [0.2, 0.25) is 0 Å². The molecule has 2 aliphatic heterocycles. The van der Waals surface area contributed by atoms with E-state index in [2.05, 4.69) is 15.3 Å². The largest absolute Gasteiger partial charge is 0.350 e. The number of alkyl halides is 2. The first kappa shape index (κ1) is 21.9. The standard InChI is InChI=1S/C22H24F2N6O2S/c23-16(24)12-28-9-10-30-17(13-28)26-20-18(21(30)32)27-22(33-20)29-8-4-7-15(29)19(31)25-11-14-5-2-1-3-6-14/h1-3,5-6,15-16H,4,7-13H2,(H,25,31). The molecule has 0 radical (unpaired) electrons. The monoisotopic (exact) mass is 474 g/mol. The molecule has 4 heterocycles. The van der Waals surface area contributed by atoms with Crippen molar-refractivity contribution >= 4 is 32.7 Å². The maximum atomic E-state index is 13.0. The molecule has 5 rings (SSSR count). The van der Waals surface area contributed by atoms with Crippen LogP contribution in [0.15, 0.2) is 35.1 Å². The molecule has 0 saturated carbocycles. The summed E-state index contributed by atoms with van der Waals surface area (Å²) in [5.74, 6) is 0.412. The molecule has 1 saturated heterocycles. The highest BCUT2D eigenvalue weighted by molar-refractivity contribution is 7.21. The zero-order chi connectivity index (χ0) is 22.9. The van der Waals surface area contributed by atoms with Crippen molar-refractivity contribution in [3.63, 3.8) is 0 Å². The average molecular weight is 475 g/mol. The minimum absolute atomic E-state index is 0.0674. The van der Waals surface area contributed by atoms with Gasteiger partial charge in [0.15, 0.2) is 15.5 Å². The predicted molar refractivity (Wildman–Crippen MR) is 122 cm³/mol. The SMILES string of the molecule is O=C(NCc1ccccc1)C1CCCN1c1nc2c(=O)n3c(nc2s1)CN(CC(F)F)CC3. The van der Waals surface area contributed by atoms with Crippen LogP contribution >= 0.6 is 11.3 Å². The van der Waals surface area contributed by atoms with Crippen molar-refractivity contribution in [3.8, 4) is 0 Å². The van der Waals surface area contributed by atoms with E-state index in [0.29, 0.717) is 48.4 Å². The summed E-state index contributed by atoms with van der Waals surface area (Å²) >= 11 is 1.28. The molecular formula is C22H24F2N6O2S. The van der Waals surface area contributed by atoms with Crippen molar-refractivity contribution < 1.29 is 13.6 Å². The first-order valence-corrected chi connectivity index (χ1v) is 11.8. The maximum Gasteiger partial charge on any atom is 0.281 e. The lowest BCUT2D eigenvalue weighted by Gasteiger charge is -2.28. The number of nitrogens with one attached hydrogen (secondary N) is 1. The third-order valence-corrected chi connectivity index (χ3v) is 7.09. The third kappa shape index (κ3) is 4.47. The Balaban J connectivity index is 1.36. The number of rotatable bonds is 6. The fourth-order valence-electron chi connectivity index (χ4n) is 4.46. The van der Waals surface area contributed by atoms with Gasteiger partial charge < -0.3 is 10.2 Å². The zero-order valence-electron chi connectivity index (χ0n) is 17.9. The van der Waals surface area contributed by atoms with E-state index in [1.807, 2.05) is 35.2 Å². The van der Waals surface area contributed by atoms with Crippen molar-refractivity contribution in [2.45, 2.75) is 44.9 Å². The molecule has 3 aromatic rings. The molecule has 174 valence electrons. The van der Waals surface area contributed by atoms with Gasteiger partial charge in [-0.15, -0.1) is 0 Å². The number of benzene rings is 1. The molecule has 33 heavy (non-hydrogen) atoms. The predicted octanol–water partition coefficient (Wildman–Crippen LogP) is 2.22. The lowest BCUT2D eigenvalue weighted by molar-refractivity contribution is -0.122. The normalized spacial score (nSPS) is 18.8. The van der Waals surface area contributed by atoms with Gasteiger partial charge in [0.05, 0.1) is 13.1 Å². The summed E-state index contributed by atoms with van der Waals surface area (Å²) in [4.78, 5) is 39.1. The number of anilines is 1. The second kappa shape index (κ2) is 9.14. The molecule has 0 spiro atoms. The van der Waals surface area contributed by atoms with E-state index in [-0.39, 0.29) is 36.1 Å². The number of halogens is 2. The summed E-state index contributed by atoms with van der Waals surface area (Å²) in [6, 6.07) is 9.37. The molecule has 8 nitrogen and oxygen atoms in total. The molecule has 1 fully saturated rings. The number of fused-ring (bicyclic) bond motifs is 2. The minimum atomic E-state index is -2.43. The van der Waals surface area contributed by atoms with Crippen molar-refractivity contribution in [2.24, 2.45) is 0 Å². The number of thiazole rings is 1. The maximum absolute atomic E-state index is 13.0. The quantitative estimate of drug-likeness (QED) is 0.590. The Bertz CT molecular complexity index is 1210. The van der Waals surface area contributed by atoms with E-state index in [1.165, 1.54) is 15.9 Å². The number of hydrogen-bond donors (Lipinski definition) is 1. The van der Waals surface area contributed by atoms with Gasteiger partial charge in [-0.1, -0.05) is 41.7 Å². The summed E-state index contributed by atoms with van der Waals surface area (Å²) in [5.41, 5.74) is 1.05. The molecular weight excluding hydrogens is 450 g/mol. The number of amides is 1. The highest BCUT2D eigenvalue weighted by Gasteiger charge is 2.33. The van der Waals surface area contributed by atoms with E-state index < -0.39 is 6.43 Å². The lowest BCUT2D eigenvalue weighted by atomic mass is 10.2. The lowest BCUT2D eigenvalue weighted by Crippen LogP contribution is -2.43. The van der Waals surface area contributed by atoms with Crippen LogP contribution in [-0.2, 0) is 24.4 Å². The number of carbonyl (C=O) groups is 1. The van der Waals surface area contributed by atoms with Crippen molar-refractivity contribution in [3.05, 3.63) is 52.1 Å². The van der Waals surface area contributed by atoms with Crippen LogP contribution in [0.25, 0.3) is 10.3 Å². The highest BCUT2D eigenvalue weighted by Crippen LogP contribution is 2.32. The molecule has 1 atom stereocenters. The van der Waals surface area contributed by atoms with Crippen LogP contribution in [0.4, 0.5) is 13.9 Å². The summed E-state index contributed by atoms with van der Waals surface area (Å²) in [6.07, 6.45) is -0.866. The number of hydrogen-bond acceptors (Lipinski definition) is 7. The first-order chi connectivity index (χ1) is 16.0. The molecule has 1 N–H and O–H groups in total. The summed E-state index contributed by atoms with van der Waals surface area (Å²) in [7, 11) is 0. The van der Waals surface area contributed by atoms with Crippen molar-refractivity contribution in [2.75, 3.05) is 24.5 Å². The Kier molecular flexibility index (Phi) is 6.07. The van der Waals surface area contributed by atoms with Crippen LogP contribution < -0.4 is 15.8 Å². The second-order valence-corrected chi connectivity index (χ2v) is 9.27. The molecule has 1 unspecified atom stereocenters. The van der Waals surface area contributed by atoms with Crippen LogP contribution in [-0.4, -0.2) is 57.4 Å². The van der Waals surface area contributed by atoms with Gasteiger partial charge in [0, 0.05) is 26.2 Å². The third-order valence-electron chi connectivity index (χ3n) is 6.10. The van der Waals surface area contributed by atoms with Gasteiger partial charge in [0.25, 0.3) is 12.0 Å². The summed E-state index contributed by atoms with van der Waals surface area (Å²) in [6.45, 7) is 1.68. The Morgan fingerprint density at radius 2 is 2.00 bits per heavy atom. The molecule has 1 aromatic carbocycles. The molecule has 2 aliphatic rings. The number of carbonyl (C=O) groups excluding carboxylic acids is 1. The Hall–Kier alpha value is -2.92. The number of aromatic nitrogens is 3. The van der Waals surface area contributed by atoms with E-state index >= 15 is 0 Å². The second-order valence-electron chi connectivity index (χ2n) is 8.32. The molecule has 2 aromatic heterocycles. The van der Waals surface area contributed by atoms with Crippen LogP contribution in [0.5, 0.6) is 0 Å². The fourth-order valence-corrected chi connectivity index (χ4v) is 5.48. The molecule has 0 bridgehead atoms. The summed E-state index contributed by atoms with van der Waals surface area (Å²) < 4.78 is 27.1. The Morgan fingerprint density at radius 1 is 1.18 bits per heavy atom. The smallest absolute Gasteiger partial charge is 0.281 e. The van der Waals surface area contributed by atoms with Gasteiger partial charge in [-0.05, 0) is 18.4 Å². The van der Waals surface area contributed by atoms with Crippen LogP contribution in [0.3, 0.4) is 0 Å². The van der Waals surface area contributed by atoms with Crippen molar-refractivity contribution in [1.82, 2.24) is 24.8 Å². The highest BCUT2D eigenvalue weighted by atomic mass is 32.1. The van der Waals surface area contributed by atoms with E-state index in [0.717, 1.165) is 12.0 Å². The summed E-state index contributed by atoms with van der Waals surface area (Å²) in [5, 5.41) is 3.60. The Morgan fingerprint density at radius 3 is 2.79 bits per heavy atom. The van der Waals surface area contributed by atoms with Gasteiger partial charge >= 0.3 is 0 Å². The molecule has 0 aliphatic carbocycles. The van der Waals surface area contributed by atoms with E-state index in [1.54, 1.807) is 4.90 Å². The Labute approximate surface area is 192 Å². The van der Waals surface area contributed by atoms with Gasteiger partial charge in [-0.3, -0.25) is 19.1 Å². The van der Waals surface area contributed by atoms with E-state index in [9.17, 15) is 18.4 Å². The van der Waals surface area contributed by atoms with Gasteiger partial charge in [0.1, 0.15) is 11.9 Å². The minimum Gasteiger partial charge on any atom is -0.350 e. The van der Waals surface area contributed by atoms with Crippen molar-refractivity contribution in [1.29, 1.82) is 0 Å². The van der Waals surface area contributed by atoms with E-state index in [4.69, 9.17) is 0 Å². The van der Waals surface area contributed by atoms with Crippen LogP contribution in [0, 0.1) is 0 Å². The first-order valence-electron chi connectivity index (χ1n) is 11.0. The topological polar surface area (TPSA) is 83.4 Å².